The van der Waals surface area contributed by atoms with E-state index in [1.165, 1.54) is 45.2 Å². The Labute approximate surface area is 170 Å². The summed E-state index contributed by atoms with van der Waals surface area (Å²) in [5.74, 6) is 2.60. The molecule has 5 heteroatoms. The highest BCUT2D eigenvalue weighted by Gasteiger charge is 2.21. The highest BCUT2D eigenvalue weighted by molar-refractivity contribution is 7.80. The van der Waals surface area contributed by atoms with Crippen molar-refractivity contribution in [1.29, 1.82) is 0 Å². The van der Waals surface area contributed by atoms with Crippen molar-refractivity contribution in [2.24, 2.45) is 11.8 Å². The van der Waals surface area contributed by atoms with Gasteiger partial charge in [-0.3, -0.25) is 0 Å². The first-order valence-electron chi connectivity index (χ1n) is 10.6. The molecule has 3 rings (SSSR count). The van der Waals surface area contributed by atoms with Gasteiger partial charge in [-0.1, -0.05) is 13.8 Å². The number of nitrogens with one attached hydrogen (secondary N) is 2. The lowest BCUT2D eigenvalue weighted by molar-refractivity contribution is 0.140. The molecule has 27 heavy (non-hydrogen) atoms. The molecule has 150 valence electrons. The average molecular weight is 390 g/mol. The Kier molecular flexibility index (Phi) is 7.77. The first-order chi connectivity index (χ1) is 13.1. The molecule has 1 aromatic carbocycles. The van der Waals surface area contributed by atoms with E-state index in [9.17, 15) is 0 Å². The van der Waals surface area contributed by atoms with Crippen LogP contribution in [-0.2, 0) is 0 Å². The zero-order valence-electron chi connectivity index (χ0n) is 16.9. The Morgan fingerprint density at radius 3 is 2.44 bits per heavy atom. The van der Waals surface area contributed by atoms with Crippen LogP contribution in [-0.4, -0.2) is 42.3 Å². The van der Waals surface area contributed by atoms with Crippen LogP contribution in [0, 0.1) is 11.8 Å². The number of hydrogen-bond acceptors (Lipinski definition) is 3. The molecule has 2 atom stereocenters. The van der Waals surface area contributed by atoms with Crippen molar-refractivity contribution < 1.29 is 4.74 Å². The third-order valence-electron chi connectivity index (χ3n) is 5.60. The Morgan fingerprint density at radius 1 is 1.11 bits per heavy atom. The lowest BCUT2D eigenvalue weighted by Gasteiger charge is -2.34. The highest BCUT2D eigenvalue weighted by Crippen LogP contribution is 2.25. The minimum absolute atomic E-state index is 0.400. The van der Waals surface area contributed by atoms with Gasteiger partial charge >= 0.3 is 0 Å². The molecule has 2 N–H and O–H groups in total. The van der Waals surface area contributed by atoms with Crippen LogP contribution in [0.1, 0.15) is 52.4 Å². The molecule has 2 fully saturated rings. The van der Waals surface area contributed by atoms with Gasteiger partial charge in [-0.05, 0) is 93.4 Å². The fourth-order valence-corrected chi connectivity index (χ4v) is 4.69. The van der Waals surface area contributed by atoms with E-state index in [1.807, 2.05) is 24.3 Å². The van der Waals surface area contributed by atoms with Gasteiger partial charge in [-0.15, -0.1) is 0 Å². The number of piperidine rings is 1. The number of anilines is 1. The predicted molar refractivity (Wildman–Crippen MR) is 118 cm³/mol. The summed E-state index contributed by atoms with van der Waals surface area (Å²) >= 11 is 5.42. The molecule has 1 saturated heterocycles. The molecular formula is C22H35N3OS. The van der Waals surface area contributed by atoms with Gasteiger partial charge in [0.25, 0.3) is 0 Å². The van der Waals surface area contributed by atoms with Gasteiger partial charge in [-0.25, -0.2) is 0 Å². The highest BCUT2D eigenvalue weighted by atomic mass is 32.1. The number of rotatable bonds is 7. The molecule has 0 unspecified atom stereocenters. The molecule has 1 saturated carbocycles. The quantitative estimate of drug-likeness (QED) is 0.524. The number of hydrogen-bond donors (Lipinski definition) is 2. The molecule has 0 spiro atoms. The summed E-state index contributed by atoms with van der Waals surface area (Å²) in [5, 5.41) is 7.29. The molecule has 1 aromatic rings. The van der Waals surface area contributed by atoms with Crippen LogP contribution in [0.2, 0.25) is 0 Å². The second-order valence-electron chi connectivity index (χ2n) is 8.49. The summed E-state index contributed by atoms with van der Waals surface area (Å²) in [4.78, 5) is 2.60. The van der Waals surface area contributed by atoms with Crippen molar-refractivity contribution in [3.05, 3.63) is 24.3 Å². The summed E-state index contributed by atoms with van der Waals surface area (Å²) in [6, 6.07) is 8.13. The van der Waals surface area contributed by atoms with Crippen molar-refractivity contribution >= 4 is 23.0 Å². The lowest BCUT2D eigenvalue weighted by Crippen LogP contribution is -2.40. The Morgan fingerprint density at radius 2 is 1.78 bits per heavy atom. The van der Waals surface area contributed by atoms with Gasteiger partial charge in [0.05, 0.1) is 6.10 Å². The third-order valence-corrected chi connectivity index (χ3v) is 5.84. The fraction of sp³-hybridized carbons (Fsp3) is 0.682. The third kappa shape index (κ3) is 6.96. The molecular weight excluding hydrogens is 354 g/mol. The van der Waals surface area contributed by atoms with Gasteiger partial charge < -0.3 is 20.3 Å². The Hall–Kier alpha value is -1.33. The lowest BCUT2D eigenvalue weighted by atomic mass is 9.92. The minimum atomic E-state index is 0.400. The van der Waals surface area contributed by atoms with Gasteiger partial charge in [-0.2, -0.15) is 0 Å². The maximum atomic E-state index is 6.01. The minimum Gasteiger partial charge on any atom is -0.490 e. The zero-order chi connectivity index (χ0) is 19.1. The van der Waals surface area contributed by atoms with Crippen molar-refractivity contribution in [2.75, 3.05) is 31.5 Å². The standard InChI is InChI=1S/C22H35N3OS/c1-17-14-18(2)16-25(15-17)13-5-12-23-22(27)24-19-8-10-21(11-9-19)26-20-6-3-4-7-20/h8-11,17-18,20H,3-7,12-16H2,1-2H3,(H2,23,24,27)/t17-,18-/m0/s1. The smallest absolute Gasteiger partial charge is 0.170 e. The SMILES string of the molecule is C[C@H]1C[C@H](C)CN(CCCNC(=S)Nc2ccc(OC3CCCC3)cc2)C1. The predicted octanol–water partition coefficient (Wildman–Crippen LogP) is 4.66. The van der Waals surface area contributed by atoms with Crippen molar-refractivity contribution in [1.82, 2.24) is 10.2 Å². The summed E-state index contributed by atoms with van der Waals surface area (Å²) < 4.78 is 6.01. The molecule has 1 aliphatic heterocycles. The van der Waals surface area contributed by atoms with E-state index in [0.29, 0.717) is 11.2 Å². The van der Waals surface area contributed by atoms with E-state index in [1.54, 1.807) is 0 Å². The molecule has 0 radical (unpaired) electrons. The largest absolute Gasteiger partial charge is 0.490 e. The van der Waals surface area contributed by atoms with Crippen molar-refractivity contribution in [3.63, 3.8) is 0 Å². The van der Waals surface area contributed by atoms with Gasteiger partial charge in [0.2, 0.25) is 0 Å². The van der Waals surface area contributed by atoms with E-state index in [-0.39, 0.29) is 0 Å². The second-order valence-corrected chi connectivity index (χ2v) is 8.90. The zero-order valence-corrected chi connectivity index (χ0v) is 17.7. The van der Waals surface area contributed by atoms with Gasteiger partial charge in [0.15, 0.2) is 5.11 Å². The summed E-state index contributed by atoms with van der Waals surface area (Å²) in [6.07, 6.45) is 7.84. The van der Waals surface area contributed by atoms with E-state index in [0.717, 1.165) is 42.8 Å². The number of thiocarbonyl (C=S) groups is 1. The Balaban J connectivity index is 1.31. The van der Waals surface area contributed by atoms with Gasteiger partial charge in [0, 0.05) is 25.3 Å². The molecule has 1 aliphatic carbocycles. The van der Waals surface area contributed by atoms with Crippen LogP contribution < -0.4 is 15.4 Å². The van der Waals surface area contributed by atoms with E-state index >= 15 is 0 Å². The van der Waals surface area contributed by atoms with Gasteiger partial charge in [0.1, 0.15) is 5.75 Å². The summed E-state index contributed by atoms with van der Waals surface area (Å²) in [7, 11) is 0. The van der Waals surface area contributed by atoms with E-state index in [4.69, 9.17) is 17.0 Å². The van der Waals surface area contributed by atoms with Crippen molar-refractivity contribution in [3.8, 4) is 5.75 Å². The second kappa shape index (κ2) is 10.3. The van der Waals surface area contributed by atoms with E-state index < -0.39 is 0 Å². The van der Waals surface area contributed by atoms with Crippen LogP contribution in [0.4, 0.5) is 5.69 Å². The van der Waals surface area contributed by atoms with Crippen LogP contribution in [0.3, 0.4) is 0 Å². The fourth-order valence-electron chi connectivity index (χ4n) is 4.47. The van der Waals surface area contributed by atoms with Crippen LogP contribution >= 0.6 is 12.2 Å². The van der Waals surface area contributed by atoms with Crippen LogP contribution in [0.15, 0.2) is 24.3 Å². The molecule has 1 heterocycles. The summed E-state index contributed by atoms with van der Waals surface area (Å²) in [5.41, 5.74) is 1.00. The maximum absolute atomic E-state index is 6.01. The normalized spacial score (nSPS) is 23.9. The average Bonchev–Trinajstić information content (AvgIpc) is 3.13. The maximum Gasteiger partial charge on any atom is 0.170 e. The first-order valence-corrected chi connectivity index (χ1v) is 11.0. The molecule has 4 nitrogen and oxygen atoms in total. The summed E-state index contributed by atoms with van der Waals surface area (Å²) in [6.45, 7) is 9.27. The Bertz CT molecular complexity index is 576. The molecule has 0 bridgehead atoms. The van der Waals surface area contributed by atoms with E-state index in [2.05, 4.69) is 29.4 Å². The molecule has 0 amide bonds. The number of likely N-dealkylation sites (tertiary alicyclic amines) is 1. The first kappa shape index (κ1) is 20.4. The van der Waals surface area contributed by atoms with Crippen molar-refractivity contribution in [2.45, 2.75) is 58.5 Å². The molecule has 0 aromatic heterocycles. The van der Waals surface area contributed by atoms with Crippen LogP contribution in [0.25, 0.3) is 0 Å². The van der Waals surface area contributed by atoms with Crippen LogP contribution in [0.5, 0.6) is 5.75 Å². The molecule has 2 aliphatic rings. The number of benzene rings is 1. The number of nitrogens with zero attached hydrogens (tertiary/aromatic N) is 1. The number of ether oxygens (including phenoxy) is 1. The monoisotopic (exact) mass is 389 g/mol. The topological polar surface area (TPSA) is 36.5 Å².